The van der Waals surface area contributed by atoms with Crippen molar-refractivity contribution in [1.29, 1.82) is 0 Å². The van der Waals surface area contributed by atoms with Gasteiger partial charge in [0.2, 0.25) is 0 Å². The molecule has 1 N–H and O–H groups in total. The lowest BCUT2D eigenvalue weighted by Crippen LogP contribution is -2.30. The van der Waals surface area contributed by atoms with Crippen molar-refractivity contribution in [3.63, 3.8) is 0 Å². The van der Waals surface area contributed by atoms with Crippen LogP contribution < -0.4 is 5.32 Å². The smallest absolute Gasteiger partial charge is 0.325 e. The van der Waals surface area contributed by atoms with Crippen LogP contribution in [-0.4, -0.2) is 31.5 Å². The van der Waals surface area contributed by atoms with Gasteiger partial charge in [-0.25, -0.2) is 0 Å². The van der Waals surface area contributed by atoms with Crippen LogP contribution in [0, 0.1) is 5.92 Å². The quantitative estimate of drug-likeness (QED) is 0.402. The van der Waals surface area contributed by atoms with Crippen molar-refractivity contribution >= 4 is 17.6 Å². The van der Waals surface area contributed by atoms with Crippen molar-refractivity contribution in [1.82, 2.24) is 5.32 Å². The average Bonchev–Trinajstić information content (AvgIpc) is 2.94. The molecule has 1 atom stereocenters. The first kappa shape index (κ1) is 10.8. The fourth-order valence-electron chi connectivity index (χ4n) is 1.15. The van der Waals surface area contributed by atoms with Crippen LogP contribution in [0.3, 0.4) is 0 Å². The van der Waals surface area contributed by atoms with Gasteiger partial charge in [-0.05, 0) is 18.9 Å². The van der Waals surface area contributed by atoms with Crippen LogP contribution in [0.5, 0.6) is 0 Å². The molecule has 0 amide bonds. The summed E-state index contributed by atoms with van der Waals surface area (Å²) in [6.45, 7) is 1.45. The number of rotatable bonds is 6. The molecule has 3 nitrogen and oxygen atoms in total. The lowest BCUT2D eigenvalue weighted by molar-refractivity contribution is -0.140. The predicted molar refractivity (Wildman–Crippen MR) is 51.9 cm³/mol. The van der Waals surface area contributed by atoms with Crippen molar-refractivity contribution in [3.05, 3.63) is 0 Å². The Morgan fingerprint density at radius 1 is 1.69 bits per heavy atom. The van der Waals surface area contributed by atoms with E-state index in [4.69, 9.17) is 11.6 Å². The molecule has 0 aromatic rings. The minimum atomic E-state index is -0.552. The number of hydrogen-bond donors (Lipinski definition) is 1. The first-order chi connectivity index (χ1) is 6.24. The number of hydrogen-bond acceptors (Lipinski definition) is 3. The van der Waals surface area contributed by atoms with Gasteiger partial charge in [0.25, 0.3) is 0 Å². The van der Waals surface area contributed by atoms with Gasteiger partial charge in [0.05, 0.1) is 7.11 Å². The fourth-order valence-corrected chi connectivity index (χ4v) is 1.35. The molecule has 0 aliphatic heterocycles. The summed E-state index contributed by atoms with van der Waals surface area (Å²) < 4.78 is 4.49. The van der Waals surface area contributed by atoms with Crippen LogP contribution in [0.4, 0.5) is 0 Å². The Balaban J connectivity index is 1.93. The summed E-state index contributed by atoms with van der Waals surface area (Å²) >= 11 is 5.73. The van der Waals surface area contributed by atoms with Crippen LogP contribution in [0.15, 0.2) is 0 Å². The zero-order valence-corrected chi connectivity index (χ0v) is 8.64. The van der Waals surface area contributed by atoms with Crippen LogP contribution in [0.25, 0.3) is 0 Å². The van der Waals surface area contributed by atoms with Crippen molar-refractivity contribution in [2.45, 2.75) is 24.6 Å². The van der Waals surface area contributed by atoms with E-state index in [0.29, 0.717) is 6.54 Å². The predicted octanol–water partition coefficient (Wildman–Crippen LogP) is 1.16. The van der Waals surface area contributed by atoms with Gasteiger partial charge in [-0.2, -0.15) is 0 Å². The summed E-state index contributed by atoms with van der Waals surface area (Å²) in [5.74, 6) is 0.556. The maximum absolute atomic E-state index is 10.9. The molecule has 0 bridgehead atoms. The number of esters is 1. The van der Waals surface area contributed by atoms with Crippen molar-refractivity contribution in [2.75, 3.05) is 20.2 Å². The Morgan fingerprint density at radius 2 is 2.38 bits per heavy atom. The van der Waals surface area contributed by atoms with E-state index in [1.807, 2.05) is 0 Å². The number of methoxy groups -OCH3 is 1. The lowest BCUT2D eigenvalue weighted by Gasteiger charge is -2.07. The normalized spacial score (nSPS) is 18.3. The summed E-state index contributed by atoms with van der Waals surface area (Å²) in [6, 6.07) is 0. The maximum Gasteiger partial charge on any atom is 0.325 e. The van der Waals surface area contributed by atoms with Crippen LogP contribution >= 0.6 is 11.6 Å². The molecular weight excluding hydrogens is 190 g/mol. The second kappa shape index (κ2) is 5.45. The summed E-state index contributed by atoms with van der Waals surface area (Å²) in [5, 5.41) is 2.59. The van der Waals surface area contributed by atoms with Gasteiger partial charge >= 0.3 is 5.97 Å². The monoisotopic (exact) mass is 205 g/mol. The Kier molecular flexibility index (Phi) is 4.53. The SMILES string of the molecule is COC(=O)C(Cl)CNCCC1CC1. The van der Waals surface area contributed by atoms with E-state index in [1.165, 1.54) is 26.4 Å². The molecule has 13 heavy (non-hydrogen) atoms. The van der Waals surface area contributed by atoms with Crippen molar-refractivity contribution in [2.24, 2.45) is 5.92 Å². The van der Waals surface area contributed by atoms with Gasteiger partial charge in [-0.1, -0.05) is 12.8 Å². The number of carbonyl (C=O) groups is 1. The minimum Gasteiger partial charge on any atom is -0.468 e. The highest BCUT2D eigenvalue weighted by atomic mass is 35.5. The molecule has 1 fully saturated rings. The second-order valence-corrected chi connectivity index (χ2v) is 3.95. The van der Waals surface area contributed by atoms with Gasteiger partial charge in [0, 0.05) is 6.54 Å². The third-order valence-corrected chi connectivity index (χ3v) is 2.54. The third kappa shape index (κ3) is 4.48. The molecular formula is C9H16ClNO2. The van der Waals surface area contributed by atoms with E-state index < -0.39 is 5.38 Å². The molecule has 1 aliphatic carbocycles. The topological polar surface area (TPSA) is 38.3 Å². The molecule has 0 spiro atoms. The molecule has 0 radical (unpaired) electrons. The number of ether oxygens (including phenoxy) is 1. The number of alkyl halides is 1. The van der Waals surface area contributed by atoms with Crippen LogP contribution in [0.2, 0.25) is 0 Å². The van der Waals surface area contributed by atoms with Gasteiger partial charge < -0.3 is 10.1 Å². The Morgan fingerprint density at radius 3 is 2.92 bits per heavy atom. The first-order valence-corrected chi connectivity index (χ1v) is 5.10. The molecule has 1 rings (SSSR count). The summed E-state index contributed by atoms with van der Waals surface area (Å²) in [5.41, 5.74) is 0. The number of halogens is 1. The summed E-state index contributed by atoms with van der Waals surface area (Å²) in [4.78, 5) is 10.9. The summed E-state index contributed by atoms with van der Waals surface area (Å²) in [7, 11) is 1.35. The van der Waals surface area contributed by atoms with Crippen molar-refractivity contribution < 1.29 is 9.53 Å². The van der Waals surface area contributed by atoms with Crippen LogP contribution in [-0.2, 0) is 9.53 Å². The average molecular weight is 206 g/mol. The number of nitrogens with one attached hydrogen (secondary N) is 1. The summed E-state index contributed by atoms with van der Waals surface area (Å²) in [6.07, 6.45) is 3.93. The highest BCUT2D eigenvalue weighted by Crippen LogP contribution is 2.31. The zero-order valence-electron chi connectivity index (χ0n) is 7.88. The second-order valence-electron chi connectivity index (χ2n) is 3.43. The first-order valence-electron chi connectivity index (χ1n) is 4.66. The van der Waals surface area contributed by atoms with Gasteiger partial charge in [0.15, 0.2) is 0 Å². The molecule has 1 saturated carbocycles. The third-order valence-electron chi connectivity index (χ3n) is 2.21. The molecule has 1 aliphatic rings. The van der Waals surface area contributed by atoms with E-state index >= 15 is 0 Å². The molecule has 0 heterocycles. The number of carbonyl (C=O) groups excluding carboxylic acids is 1. The Bertz CT molecular complexity index is 171. The lowest BCUT2D eigenvalue weighted by atomic mass is 10.3. The van der Waals surface area contributed by atoms with E-state index in [0.717, 1.165) is 12.5 Å². The molecule has 0 aromatic heterocycles. The minimum absolute atomic E-state index is 0.361. The molecule has 4 heteroatoms. The molecule has 76 valence electrons. The van der Waals surface area contributed by atoms with Gasteiger partial charge in [0.1, 0.15) is 5.38 Å². The van der Waals surface area contributed by atoms with E-state index in [2.05, 4.69) is 10.1 Å². The van der Waals surface area contributed by atoms with Gasteiger partial charge in [-0.3, -0.25) is 4.79 Å². The zero-order chi connectivity index (χ0) is 9.68. The van der Waals surface area contributed by atoms with E-state index in [-0.39, 0.29) is 5.97 Å². The van der Waals surface area contributed by atoms with Crippen molar-refractivity contribution in [3.8, 4) is 0 Å². The molecule has 0 saturated heterocycles. The molecule has 0 aromatic carbocycles. The standard InChI is InChI=1S/C9H16ClNO2/c1-13-9(12)8(10)6-11-5-4-7-2-3-7/h7-8,11H,2-6H2,1H3. The van der Waals surface area contributed by atoms with Crippen LogP contribution in [0.1, 0.15) is 19.3 Å². The largest absolute Gasteiger partial charge is 0.468 e. The maximum atomic E-state index is 10.9. The van der Waals surface area contributed by atoms with Gasteiger partial charge in [-0.15, -0.1) is 11.6 Å². The Labute approximate surface area is 83.8 Å². The Hall–Kier alpha value is -0.280. The fraction of sp³-hybridized carbons (Fsp3) is 0.889. The highest BCUT2D eigenvalue weighted by molar-refractivity contribution is 6.30. The van der Waals surface area contributed by atoms with E-state index in [1.54, 1.807) is 0 Å². The highest BCUT2D eigenvalue weighted by Gasteiger charge is 2.20. The molecule has 1 unspecified atom stereocenters. The van der Waals surface area contributed by atoms with E-state index in [9.17, 15) is 4.79 Å².